The normalized spacial score (nSPS) is 12.3. The lowest BCUT2D eigenvalue weighted by atomic mass is 10.2. The summed E-state index contributed by atoms with van der Waals surface area (Å²) in [5.74, 6) is 0. The van der Waals surface area contributed by atoms with Crippen molar-refractivity contribution in [2.75, 3.05) is 13.2 Å². The third-order valence-electron chi connectivity index (χ3n) is 4.33. The first-order chi connectivity index (χ1) is 13.1. The molecule has 0 bridgehead atoms. The van der Waals surface area contributed by atoms with Gasteiger partial charge in [-0.3, -0.25) is 9.36 Å². The lowest BCUT2D eigenvalue weighted by Gasteiger charge is -2.17. The molecule has 0 spiro atoms. The molecule has 27 heavy (non-hydrogen) atoms. The monoisotopic (exact) mass is 376 g/mol. The Hall–Kier alpha value is -2.22. The van der Waals surface area contributed by atoms with Gasteiger partial charge >= 0.3 is 5.69 Å². The minimum Gasteiger partial charge on any atom is -0.394 e. The SMILES string of the molecule is CC[C@H](CCn1cc(C)c(=O)n(COCc2ccccc2)c1=O)OCCO. The largest absolute Gasteiger partial charge is 0.394 e. The highest BCUT2D eigenvalue weighted by Crippen LogP contribution is 2.05. The Balaban J connectivity index is 2.06. The van der Waals surface area contributed by atoms with E-state index < -0.39 is 5.69 Å². The van der Waals surface area contributed by atoms with Crippen molar-refractivity contribution in [3.63, 3.8) is 0 Å². The second-order valence-corrected chi connectivity index (χ2v) is 6.40. The molecule has 2 aromatic rings. The highest BCUT2D eigenvalue weighted by atomic mass is 16.5. The molecule has 1 heterocycles. The average molecular weight is 376 g/mol. The van der Waals surface area contributed by atoms with Crippen molar-refractivity contribution in [2.24, 2.45) is 0 Å². The maximum atomic E-state index is 12.7. The summed E-state index contributed by atoms with van der Waals surface area (Å²) >= 11 is 0. The molecule has 7 heteroatoms. The van der Waals surface area contributed by atoms with Crippen molar-refractivity contribution in [3.05, 3.63) is 68.5 Å². The van der Waals surface area contributed by atoms with E-state index in [-0.39, 0.29) is 31.6 Å². The summed E-state index contributed by atoms with van der Waals surface area (Å²) in [6.45, 7) is 4.60. The van der Waals surface area contributed by atoms with Gasteiger partial charge in [0.1, 0.15) is 6.73 Å². The first-order valence-corrected chi connectivity index (χ1v) is 9.21. The van der Waals surface area contributed by atoms with Crippen LogP contribution in [0.25, 0.3) is 0 Å². The number of aromatic nitrogens is 2. The average Bonchev–Trinajstić information content (AvgIpc) is 2.69. The molecule has 0 unspecified atom stereocenters. The maximum Gasteiger partial charge on any atom is 0.332 e. The van der Waals surface area contributed by atoms with Gasteiger partial charge in [-0.15, -0.1) is 0 Å². The van der Waals surface area contributed by atoms with Crippen molar-refractivity contribution in [3.8, 4) is 0 Å². The summed E-state index contributed by atoms with van der Waals surface area (Å²) in [6, 6.07) is 9.59. The fourth-order valence-electron chi connectivity index (χ4n) is 2.81. The number of nitrogens with zero attached hydrogens (tertiary/aromatic N) is 2. The predicted molar refractivity (Wildman–Crippen MR) is 103 cm³/mol. The molecule has 0 aliphatic rings. The van der Waals surface area contributed by atoms with E-state index in [9.17, 15) is 9.59 Å². The van der Waals surface area contributed by atoms with Gasteiger partial charge in [-0.25, -0.2) is 9.36 Å². The smallest absolute Gasteiger partial charge is 0.332 e. The topological polar surface area (TPSA) is 82.7 Å². The van der Waals surface area contributed by atoms with Gasteiger partial charge in [-0.05, 0) is 25.3 Å². The van der Waals surface area contributed by atoms with E-state index in [1.165, 1.54) is 4.57 Å². The van der Waals surface area contributed by atoms with Crippen LogP contribution in [0.4, 0.5) is 0 Å². The number of aryl methyl sites for hydroxylation is 2. The molecule has 0 amide bonds. The molecule has 0 saturated heterocycles. The van der Waals surface area contributed by atoms with E-state index in [1.807, 2.05) is 37.3 Å². The molecule has 0 fully saturated rings. The van der Waals surface area contributed by atoms with Gasteiger partial charge < -0.3 is 14.6 Å². The summed E-state index contributed by atoms with van der Waals surface area (Å²) < 4.78 is 13.8. The van der Waals surface area contributed by atoms with Gasteiger partial charge in [-0.2, -0.15) is 0 Å². The molecule has 1 aromatic heterocycles. The van der Waals surface area contributed by atoms with Crippen LogP contribution in [-0.2, 0) is 29.4 Å². The molecule has 2 rings (SSSR count). The minimum atomic E-state index is -0.393. The lowest BCUT2D eigenvalue weighted by Crippen LogP contribution is -2.41. The van der Waals surface area contributed by atoms with Gasteiger partial charge in [0, 0.05) is 18.3 Å². The third-order valence-corrected chi connectivity index (χ3v) is 4.33. The summed E-state index contributed by atoms with van der Waals surface area (Å²) in [6.07, 6.45) is 2.95. The molecule has 1 N–H and O–H groups in total. The molecule has 1 aromatic carbocycles. The molecule has 7 nitrogen and oxygen atoms in total. The molecule has 0 radical (unpaired) electrons. The predicted octanol–water partition coefficient (Wildman–Crippen LogP) is 1.67. The summed E-state index contributed by atoms with van der Waals surface area (Å²) in [7, 11) is 0. The Morgan fingerprint density at radius 2 is 1.93 bits per heavy atom. The summed E-state index contributed by atoms with van der Waals surface area (Å²) in [4.78, 5) is 25.0. The summed E-state index contributed by atoms with van der Waals surface area (Å²) in [5, 5.41) is 8.88. The molecule has 148 valence electrons. The van der Waals surface area contributed by atoms with Crippen LogP contribution in [-0.4, -0.2) is 33.6 Å². The van der Waals surface area contributed by atoms with Crippen molar-refractivity contribution in [2.45, 2.75) is 52.7 Å². The molecule has 0 aliphatic heterocycles. The van der Waals surface area contributed by atoms with E-state index in [0.29, 0.717) is 25.1 Å². The Labute approximate surface area is 158 Å². The van der Waals surface area contributed by atoms with Gasteiger partial charge in [-0.1, -0.05) is 37.3 Å². The van der Waals surface area contributed by atoms with Crippen LogP contribution in [0.2, 0.25) is 0 Å². The minimum absolute atomic E-state index is 0.0286. The quantitative estimate of drug-likeness (QED) is 0.645. The van der Waals surface area contributed by atoms with Crippen LogP contribution in [0, 0.1) is 6.92 Å². The standard InChI is InChI=1S/C20H28N2O5/c1-3-18(27-12-11-23)9-10-21-13-16(2)19(24)22(20(21)25)15-26-14-17-7-5-4-6-8-17/h4-8,13,18,23H,3,9-12,14-15H2,1-2H3/t18-/m1/s1. The number of benzene rings is 1. The van der Waals surface area contributed by atoms with Crippen LogP contribution >= 0.6 is 0 Å². The molecule has 0 aliphatic carbocycles. The van der Waals surface area contributed by atoms with Gasteiger partial charge in [0.25, 0.3) is 5.56 Å². The maximum absolute atomic E-state index is 12.7. The van der Waals surface area contributed by atoms with Gasteiger partial charge in [0.05, 0.1) is 25.9 Å². The molecule has 1 atom stereocenters. The Morgan fingerprint density at radius 1 is 1.19 bits per heavy atom. The highest BCUT2D eigenvalue weighted by Gasteiger charge is 2.12. The van der Waals surface area contributed by atoms with Crippen molar-refractivity contribution in [1.29, 1.82) is 0 Å². The Kier molecular flexibility index (Phi) is 8.44. The van der Waals surface area contributed by atoms with Crippen molar-refractivity contribution >= 4 is 0 Å². The third kappa shape index (κ3) is 6.16. The molecule has 0 saturated carbocycles. The molecular weight excluding hydrogens is 348 g/mol. The van der Waals surface area contributed by atoms with Crippen LogP contribution in [0.15, 0.2) is 46.1 Å². The van der Waals surface area contributed by atoms with Crippen LogP contribution in [0.5, 0.6) is 0 Å². The van der Waals surface area contributed by atoms with E-state index in [0.717, 1.165) is 16.6 Å². The van der Waals surface area contributed by atoms with Crippen molar-refractivity contribution in [1.82, 2.24) is 9.13 Å². The number of aliphatic hydroxyl groups is 1. The van der Waals surface area contributed by atoms with Gasteiger partial charge in [0.15, 0.2) is 0 Å². The van der Waals surface area contributed by atoms with Crippen molar-refractivity contribution < 1.29 is 14.6 Å². The zero-order chi connectivity index (χ0) is 19.6. The fourth-order valence-corrected chi connectivity index (χ4v) is 2.81. The lowest BCUT2D eigenvalue weighted by molar-refractivity contribution is 0.0193. The summed E-state index contributed by atoms with van der Waals surface area (Å²) in [5.41, 5.74) is 0.733. The van der Waals surface area contributed by atoms with E-state index in [1.54, 1.807) is 13.1 Å². The number of aliphatic hydroxyl groups excluding tert-OH is 1. The number of rotatable bonds is 11. The highest BCUT2D eigenvalue weighted by molar-refractivity contribution is 5.13. The first-order valence-electron chi connectivity index (χ1n) is 9.21. The van der Waals surface area contributed by atoms with E-state index in [4.69, 9.17) is 14.6 Å². The van der Waals surface area contributed by atoms with Gasteiger partial charge in [0.2, 0.25) is 0 Å². The number of hydrogen-bond acceptors (Lipinski definition) is 5. The van der Waals surface area contributed by atoms with Crippen LogP contribution in [0.3, 0.4) is 0 Å². The first kappa shape index (κ1) is 21.1. The van der Waals surface area contributed by atoms with Crippen LogP contribution < -0.4 is 11.2 Å². The molecular formula is C20H28N2O5. The van der Waals surface area contributed by atoms with E-state index in [2.05, 4.69) is 0 Å². The second-order valence-electron chi connectivity index (χ2n) is 6.40. The zero-order valence-corrected chi connectivity index (χ0v) is 16.0. The fraction of sp³-hybridized carbons (Fsp3) is 0.500. The number of hydrogen-bond donors (Lipinski definition) is 1. The Bertz CT molecular complexity index is 813. The van der Waals surface area contributed by atoms with E-state index >= 15 is 0 Å². The number of ether oxygens (including phenoxy) is 2. The van der Waals surface area contributed by atoms with Crippen LogP contribution in [0.1, 0.15) is 30.9 Å². The zero-order valence-electron chi connectivity index (χ0n) is 16.0. The Morgan fingerprint density at radius 3 is 2.59 bits per heavy atom. The second kappa shape index (κ2) is 10.8.